The molecule has 1 aromatic carbocycles. The van der Waals surface area contributed by atoms with Crippen LogP contribution in [-0.2, 0) is 15.8 Å². The van der Waals surface area contributed by atoms with Crippen molar-refractivity contribution in [2.45, 2.75) is 37.5 Å². The highest BCUT2D eigenvalue weighted by molar-refractivity contribution is 7.88. The molecule has 5 nitrogen and oxygen atoms in total. The number of nitrogen functional groups attached to an aromatic ring is 1. The zero-order valence-corrected chi connectivity index (χ0v) is 13.4. The van der Waals surface area contributed by atoms with Gasteiger partial charge in [0, 0.05) is 24.8 Å². The van der Waals surface area contributed by atoms with Crippen LogP contribution in [0.2, 0.25) is 0 Å². The van der Waals surface area contributed by atoms with Crippen LogP contribution < -0.4 is 10.5 Å². The van der Waals surface area contributed by atoms with Gasteiger partial charge in [-0.05, 0) is 37.6 Å². The number of hydrogen-bond acceptors (Lipinski definition) is 4. The lowest BCUT2D eigenvalue weighted by atomic mass is 10.2. The van der Waals surface area contributed by atoms with Crippen molar-refractivity contribution in [1.29, 1.82) is 0 Å². The van der Waals surface area contributed by atoms with Crippen molar-refractivity contribution in [3.63, 3.8) is 0 Å². The van der Waals surface area contributed by atoms with E-state index in [0.717, 1.165) is 12.1 Å². The van der Waals surface area contributed by atoms with Crippen molar-refractivity contribution >= 4 is 15.7 Å². The molecule has 1 aromatic rings. The normalized spacial score (nSPS) is 16.7. The number of hydrogen-bond donors (Lipinski definition) is 2. The fraction of sp³-hybridized carbons (Fsp3) is 0.600. The van der Waals surface area contributed by atoms with Gasteiger partial charge in [0.15, 0.2) is 0 Å². The van der Waals surface area contributed by atoms with Gasteiger partial charge >= 0.3 is 0 Å². The summed E-state index contributed by atoms with van der Waals surface area (Å²) in [6, 6.07) is 7.56. The second-order valence-corrected chi connectivity index (χ2v) is 7.62. The maximum Gasteiger partial charge on any atom is 0.215 e. The summed E-state index contributed by atoms with van der Waals surface area (Å²) in [5, 5.41) is 0. The summed E-state index contributed by atoms with van der Waals surface area (Å²) in [5.41, 5.74) is 6.98. The molecule has 0 aliphatic heterocycles. The van der Waals surface area contributed by atoms with E-state index >= 15 is 0 Å². The van der Waals surface area contributed by atoms with Gasteiger partial charge in [-0.15, -0.1) is 0 Å². The SMILES string of the molecule is CN(CCNS(=O)(=O)Cc1ccc(N)cc1)C1CCCC1. The van der Waals surface area contributed by atoms with Gasteiger partial charge in [-0.2, -0.15) is 0 Å². The second kappa shape index (κ2) is 7.24. The molecular weight excluding hydrogens is 286 g/mol. The van der Waals surface area contributed by atoms with Crippen LogP contribution in [0.3, 0.4) is 0 Å². The number of benzene rings is 1. The van der Waals surface area contributed by atoms with Crippen molar-refractivity contribution in [1.82, 2.24) is 9.62 Å². The summed E-state index contributed by atoms with van der Waals surface area (Å²) < 4.78 is 26.7. The second-order valence-electron chi connectivity index (χ2n) is 5.81. The molecule has 2 rings (SSSR count). The van der Waals surface area contributed by atoms with Crippen LogP contribution in [-0.4, -0.2) is 39.5 Å². The van der Waals surface area contributed by atoms with E-state index in [2.05, 4.69) is 16.7 Å². The van der Waals surface area contributed by atoms with Gasteiger partial charge in [-0.1, -0.05) is 25.0 Å². The van der Waals surface area contributed by atoms with Gasteiger partial charge in [-0.3, -0.25) is 0 Å². The van der Waals surface area contributed by atoms with Gasteiger partial charge in [0.2, 0.25) is 10.0 Å². The van der Waals surface area contributed by atoms with Gasteiger partial charge < -0.3 is 10.6 Å². The highest BCUT2D eigenvalue weighted by atomic mass is 32.2. The Hall–Kier alpha value is -1.11. The predicted octanol–water partition coefficient (Wildman–Crippen LogP) is 1.56. The molecule has 118 valence electrons. The lowest BCUT2D eigenvalue weighted by Gasteiger charge is -2.23. The third-order valence-electron chi connectivity index (χ3n) is 4.07. The number of rotatable bonds is 7. The molecule has 6 heteroatoms. The van der Waals surface area contributed by atoms with E-state index in [1.807, 2.05) is 0 Å². The van der Waals surface area contributed by atoms with Crippen molar-refractivity contribution in [3.8, 4) is 0 Å². The molecule has 0 atom stereocenters. The average molecular weight is 311 g/mol. The summed E-state index contributed by atoms with van der Waals surface area (Å²) in [6.45, 7) is 1.22. The molecule has 0 amide bonds. The van der Waals surface area contributed by atoms with Gasteiger partial charge in [-0.25, -0.2) is 13.1 Å². The van der Waals surface area contributed by atoms with Gasteiger partial charge in [0.25, 0.3) is 0 Å². The van der Waals surface area contributed by atoms with Crippen LogP contribution in [0.1, 0.15) is 31.2 Å². The lowest BCUT2D eigenvalue weighted by molar-refractivity contribution is 0.250. The molecule has 0 radical (unpaired) electrons. The highest BCUT2D eigenvalue weighted by Gasteiger charge is 2.19. The van der Waals surface area contributed by atoms with E-state index in [4.69, 9.17) is 5.73 Å². The lowest BCUT2D eigenvalue weighted by Crippen LogP contribution is -2.37. The van der Waals surface area contributed by atoms with Crippen LogP contribution in [0.5, 0.6) is 0 Å². The molecule has 0 heterocycles. The highest BCUT2D eigenvalue weighted by Crippen LogP contribution is 2.21. The third-order valence-corrected chi connectivity index (χ3v) is 5.43. The molecule has 1 fully saturated rings. The summed E-state index contributed by atoms with van der Waals surface area (Å²) >= 11 is 0. The standard InChI is InChI=1S/C15H25N3O2S/c1-18(15-4-2-3-5-15)11-10-17-21(19,20)12-13-6-8-14(16)9-7-13/h6-9,15,17H,2-5,10-12,16H2,1H3. The van der Waals surface area contributed by atoms with Gasteiger partial charge in [0.1, 0.15) is 0 Å². The maximum atomic E-state index is 12.0. The molecule has 21 heavy (non-hydrogen) atoms. The first-order valence-corrected chi connectivity index (χ1v) is 9.13. The Bertz CT molecular complexity index is 537. The van der Waals surface area contributed by atoms with Crippen LogP contribution in [0.15, 0.2) is 24.3 Å². The number of likely N-dealkylation sites (N-methyl/N-ethyl adjacent to an activating group) is 1. The summed E-state index contributed by atoms with van der Waals surface area (Å²) in [4.78, 5) is 2.26. The van der Waals surface area contributed by atoms with Crippen molar-refractivity contribution in [2.75, 3.05) is 25.9 Å². The predicted molar refractivity (Wildman–Crippen MR) is 86.4 cm³/mol. The smallest absolute Gasteiger partial charge is 0.215 e. The van der Waals surface area contributed by atoms with E-state index in [-0.39, 0.29) is 5.75 Å². The van der Waals surface area contributed by atoms with Crippen LogP contribution in [0.25, 0.3) is 0 Å². The number of anilines is 1. The quantitative estimate of drug-likeness (QED) is 0.749. The van der Waals surface area contributed by atoms with E-state index in [9.17, 15) is 8.42 Å². The number of nitrogens with zero attached hydrogens (tertiary/aromatic N) is 1. The first-order chi connectivity index (χ1) is 9.96. The number of nitrogens with two attached hydrogens (primary N) is 1. The fourth-order valence-corrected chi connectivity index (χ4v) is 3.93. The molecular formula is C15H25N3O2S. The Balaban J connectivity index is 1.77. The molecule has 0 aromatic heterocycles. The Labute approximate surface area is 127 Å². The first kappa shape index (κ1) is 16.3. The first-order valence-electron chi connectivity index (χ1n) is 7.48. The van der Waals surface area contributed by atoms with Crippen molar-refractivity contribution < 1.29 is 8.42 Å². The zero-order chi connectivity index (χ0) is 15.3. The van der Waals surface area contributed by atoms with Crippen LogP contribution in [0, 0.1) is 0 Å². The molecule has 0 bridgehead atoms. The Morgan fingerprint density at radius 2 is 1.86 bits per heavy atom. The largest absolute Gasteiger partial charge is 0.399 e. The molecule has 1 aliphatic rings. The van der Waals surface area contributed by atoms with E-state index < -0.39 is 10.0 Å². The Morgan fingerprint density at radius 3 is 2.48 bits per heavy atom. The van der Waals surface area contributed by atoms with Crippen molar-refractivity contribution in [2.24, 2.45) is 0 Å². The molecule has 1 saturated carbocycles. The fourth-order valence-electron chi connectivity index (χ4n) is 2.79. The monoisotopic (exact) mass is 311 g/mol. The maximum absolute atomic E-state index is 12.0. The topological polar surface area (TPSA) is 75.4 Å². The molecule has 0 saturated heterocycles. The van der Waals surface area contributed by atoms with Crippen LogP contribution >= 0.6 is 0 Å². The Morgan fingerprint density at radius 1 is 1.24 bits per heavy atom. The van der Waals surface area contributed by atoms with E-state index in [1.54, 1.807) is 24.3 Å². The van der Waals surface area contributed by atoms with E-state index in [0.29, 0.717) is 18.3 Å². The molecule has 1 aliphatic carbocycles. The zero-order valence-electron chi connectivity index (χ0n) is 12.6. The minimum atomic E-state index is -3.28. The average Bonchev–Trinajstić information content (AvgIpc) is 2.95. The summed E-state index contributed by atoms with van der Waals surface area (Å²) in [6.07, 6.45) is 5.04. The minimum absolute atomic E-state index is 0.000420. The van der Waals surface area contributed by atoms with Crippen molar-refractivity contribution in [3.05, 3.63) is 29.8 Å². The molecule has 3 N–H and O–H groups in total. The summed E-state index contributed by atoms with van der Waals surface area (Å²) in [7, 11) is -1.21. The number of nitrogens with one attached hydrogen (secondary N) is 1. The minimum Gasteiger partial charge on any atom is -0.399 e. The summed E-state index contributed by atoms with van der Waals surface area (Å²) in [5.74, 6) is 0.000420. The van der Waals surface area contributed by atoms with Gasteiger partial charge in [0.05, 0.1) is 5.75 Å². The Kier molecular flexibility index (Phi) is 5.61. The molecule has 0 unspecified atom stereocenters. The molecule has 0 spiro atoms. The van der Waals surface area contributed by atoms with Crippen LogP contribution in [0.4, 0.5) is 5.69 Å². The number of sulfonamides is 1. The van der Waals surface area contributed by atoms with E-state index in [1.165, 1.54) is 25.7 Å². The third kappa shape index (κ3) is 5.30.